The average molecular weight is 455 g/mol. The minimum absolute atomic E-state index is 0.186. The molecule has 0 spiro atoms. The molecule has 3 aromatic rings. The van der Waals surface area contributed by atoms with Crippen molar-refractivity contribution in [3.8, 4) is 11.5 Å². The van der Waals surface area contributed by atoms with Gasteiger partial charge in [0.25, 0.3) is 11.8 Å². The summed E-state index contributed by atoms with van der Waals surface area (Å²) in [6, 6.07) is 19.4. The van der Waals surface area contributed by atoms with Crippen molar-refractivity contribution in [2.24, 2.45) is 0 Å². The van der Waals surface area contributed by atoms with Crippen LogP contribution in [0.25, 0.3) is 0 Å². The fourth-order valence-corrected chi connectivity index (χ4v) is 4.73. The Morgan fingerprint density at radius 1 is 0.882 bits per heavy atom. The first-order chi connectivity index (χ1) is 16.6. The molecule has 0 radical (unpaired) electrons. The number of anilines is 2. The second-order valence-electron chi connectivity index (χ2n) is 8.35. The Bertz CT molecular complexity index is 1340. The van der Waals surface area contributed by atoms with Crippen LogP contribution in [0.2, 0.25) is 0 Å². The molecule has 3 amide bonds. The zero-order valence-corrected chi connectivity index (χ0v) is 18.2. The lowest BCUT2D eigenvalue weighted by Crippen LogP contribution is -2.50. The van der Waals surface area contributed by atoms with Crippen LogP contribution in [0.15, 0.2) is 66.7 Å². The van der Waals surface area contributed by atoms with Crippen LogP contribution in [0.4, 0.5) is 11.4 Å². The van der Waals surface area contributed by atoms with Crippen molar-refractivity contribution in [2.75, 3.05) is 30.0 Å². The zero-order chi connectivity index (χ0) is 23.2. The van der Waals surface area contributed by atoms with E-state index < -0.39 is 6.17 Å². The van der Waals surface area contributed by atoms with Crippen LogP contribution in [0.3, 0.4) is 0 Å². The van der Waals surface area contributed by atoms with Crippen molar-refractivity contribution in [2.45, 2.75) is 12.6 Å². The Hall–Kier alpha value is -4.33. The predicted octanol–water partition coefficient (Wildman–Crippen LogP) is 3.60. The lowest BCUT2D eigenvalue weighted by molar-refractivity contribution is -0.117. The number of fused-ring (bicyclic) bond motifs is 6. The number of hydrogen-bond acceptors (Lipinski definition) is 5. The van der Waals surface area contributed by atoms with Gasteiger partial charge in [0.15, 0.2) is 11.5 Å². The smallest absolute Gasteiger partial charge is 0.260 e. The van der Waals surface area contributed by atoms with Gasteiger partial charge in [-0.1, -0.05) is 30.3 Å². The topological polar surface area (TPSA) is 88.2 Å². The van der Waals surface area contributed by atoms with Gasteiger partial charge >= 0.3 is 0 Å². The Morgan fingerprint density at radius 3 is 2.47 bits per heavy atom. The minimum Gasteiger partial charge on any atom is -0.490 e. The van der Waals surface area contributed by atoms with Gasteiger partial charge in [-0.2, -0.15) is 0 Å². The van der Waals surface area contributed by atoms with Gasteiger partial charge in [0.05, 0.1) is 24.5 Å². The molecule has 3 aliphatic rings. The van der Waals surface area contributed by atoms with Crippen molar-refractivity contribution < 1.29 is 23.9 Å². The third-order valence-electron chi connectivity index (χ3n) is 6.23. The van der Waals surface area contributed by atoms with Gasteiger partial charge in [-0.3, -0.25) is 19.3 Å². The third-order valence-corrected chi connectivity index (χ3v) is 6.23. The summed E-state index contributed by atoms with van der Waals surface area (Å²) in [5.74, 6) is 0.345. The van der Waals surface area contributed by atoms with Crippen LogP contribution in [0.5, 0.6) is 11.5 Å². The van der Waals surface area contributed by atoms with E-state index in [2.05, 4.69) is 5.32 Å². The highest BCUT2D eigenvalue weighted by Gasteiger charge is 2.48. The second-order valence-corrected chi connectivity index (χ2v) is 8.35. The Kier molecular flexibility index (Phi) is 4.72. The average Bonchev–Trinajstić information content (AvgIpc) is 2.99. The number of para-hydroxylation sites is 1. The number of ether oxygens (including phenoxy) is 2. The van der Waals surface area contributed by atoms with Gasteiger partial charge in [-0.15, -0.1) is 0 Å². The lowest BCUT2D eigenvalue weighted by Gasteiger charge is -2.40. The van der Waals surface area contributed by atoms with Crippen molar-refractivity contribution in [3.63, 3.8) is 0 Å². The number of hydrogen-bond donors (Lipinski definition) is 1. The Labute approximate surface area is 195 Å². The molecule has 3 aromatic carbocycles. The van der Waals surface area contributed by atoms with Crippen LogP contribution in [0.1, 0.15) is 38.9 Å². The minimum atomic E-state index is -0.680. The largest absolute Gasteiger partial charge is 0.490 e. The number of benzene rings is 3. The number of rotatable bonds is 3. The molecule has 1 N–H and O–H groups in total. The highest BCUT2D eigenvalue weighted by molar-refractivity contribution is 6.17. The molecule has 0 saturated heterocycles. The summed E-state index contributed by atoms with van der Waals surface area (Å²) in [5, 5.41) is 2.85. The van der Waals surface area contributed by atoms with E-state index >= 15 is 0 Å². The summed E-state index contributed by atoms with van der Waals surface area (Å²) in [4.78, 5) is 42.8. The molecule has 6 rings (SSSR count). The maximum Gasteiger partial charge on any atom is 0.260 e. The number of nitrogens with zero attached hydrogens (tertiary/aromatic N) is 2. The van der Waals surface area contributed by atoms with Gasteiger partial charge < -0.3 is 19.7 Å². The predicted molar refractivity (Wildman–Crippen MR) is 124 cm³/mol. The molecular formula is C26H21N3O5. The van der Waals surface area contributed by atoms with Crippen molar-refractivity contribution in [1.29, 1.82) is 0 Å². The molecule has 1 atom stereocenters. The summed E-state index contributed by atoms with van der Waals surface area (Å²) in [7, 11) is 0. The lowest BCUT2D eigenvalue weighted by atomic mass is 10.0. The Morgan fingerprint density at radius 2 is 1.62 bits per heavy atom. The van der Waals surface area contributed by atoms with Crippen molar-refractivity contribution >= 4 is 29.1 Å². The molecule has 8 heteroatoms. The molecule has 34 heavy (non-hydrogen) atoms. The van der Waals surface area contributed by atoms with Crippen LogP contribution in [-0.2, 0) is 4.79 Å². The maximum absolute atomic E-state index is 13.5. The van der Waals surface area contributed by atoms with Crippen molar-refractivity contribution in [1.82, 2.24) is 4.90 Å². The highest BCUT2D eigenvalue weighted by Crippen LogP contribution is 2.45. The van der Waals surface area contributed by atoms with Crippen LogP contribution in [0, 0.1) is 0 Å². The molecule has 0 aliphatic carbocycles. The number of carbonyl (C=O) groups is 3. The van der Waals surface area contributed by atoms with Crippen molar-refractivity contribution in [3.05, 3.63) is 83.4 Å². The first-order valence-electron chi connectivity index (χ1n) is 11.1. The molecule has 0 saturated carbocycles. The molecule has 0 aromatic heterocycles. The molecule has 170 valence electrons. The first-order valence-corrected chi connectivity index (χ1v) is 11.1. The van der Waals surface area contributed by atoms with Gasteiger partial charge in [0, 0.05) is 29.3 Å². The van der Waals surface area contributed by atoms with E-state index in [1.54, 1.807) is 59.5 Å². The molecule has 0 bridgehead atoms. The molecule has 0 fully saturated rings. The number of amides is 3. The van der Waals surface area contributed by atoms with E-state index in [-0.39, 0.29) is 24.3 Å². The maximum atomic E-state index is 13.5. The zero-order valence-electron chi connectivity index (χ0n) is 18.2. The van der Waals surface area contributed by atoms with E-state index in [1.165, 1.54) is 4.90 Å². The first kappa shape index (κ1) is 20.3. The number of carbonyl (C=O) groups excluding carboxylic acids is 3. The second kappa shape index (κ2) is 7.91. The van der Waals surface area contributed by atoms with E-state index in [1.807, 2.05) is 12.1 Å². The molecule has 1 unspecified atom stereocenters. The Balaban J connectivity index is 1.31. The highest BCUT2D eigenvalue weighted by atomic mass is 16.5. The summed E-state index contributed by atoms with van der Waals surface area (Å²) in [6.07, 6.45) is 0.105. The quantitative estimate of drug-likeness (QED) is 0.652. The van der Waals surface area contributed by atoms with Gasteiger partial charge in [0.1, 0.15) is 12.7 Å². The van der Waals surface area contributed by atoms with Crippen LogP contribution in [-0.4, -0.2) is 42.4 Å². The van der Waals surface area contributed by atoms with Gasteiger partial charge in [-0.05, 0) is 30.3 Å². The molecule has 8 nitrogen and oxygen atoms in total. The normalized spacial score (nSPS) is 18.1. The van der Waals surface area contributed by atoms with E-state index in [0.717, 1.165) is 6.42 Å². The van der Waals surface area contributed by atoms with E-state index in [4.69, 9.17) is 9.47 Å². The summed E-state index contributed by atoms with van der Waals surface area (Å²) >= 11 is 0. The van der Waals surface area contributed by atoms with Gasteiger partial charge in [-0.25, -0.2) is 0 Å². The SMILES string of the molecule is O=C(CN1C(=O)c2ccccc2N2C(=O)c3ccccc3C12)Nc1ccc2c(c1)OCCCO2. The third kappa shape index (κ3) is 3.18. The molecular weight excluding hydrogens is 434 g/mol. The summed E-state index contributed by atoms with van der Waals surface area (Å²) in [6.45, 7) is 0.900. The van der Waals surface area contributed by atoms with E-state index in [0.29, 0.717) is 52.8 Å². The van der Waals surface area contributed by atoms with Crippen LogP contribution >= 0.6 is 0 Å². The van der Waals surface area contributed by atoms with Crippen LogP contribution < -0.4 is 19.7 Å². The standard InChI is InChI=1S/C26H21N3O5/c30-23(27-16-10-11-21-22(14-16)34-13-5-12-33-21)15-28-24-17-6-1-2-7-18(17)26(32)29(24)20-9-4-3-8-19(20)25(28)31/h1-4,6-11,14,24H,5,12-13,15H2,(H,27,30). The van der Waals surface area contributed by atoms with E-state index in [9.17, 15) is 14.4 Å². The molecule has 3 heterocycles. The monoisotopic (exact) mass is 455 g/mol. The fourth-order valence-electron chi connectivity index (χ4n) is 4.73. The summed E-state index contributed by atoms with van der Waals surface area (Å²) < 4.78 is 11.3. The fraction of sp³-hybridized carbons (Fsp3) is 0.192. The molecule has 3 aliphatic heterocycles. The number of nitrogens with one attached hydrogen (secondary N) is 1. The summed E-state index contributed by atoms with van der Waals surface area (Å²) in [5.41, 5.74) is 2.73. The van der Waals surface area contributed by atoms with Gasteiger partial charge in [0.2, 0.25) is 5.91 Å².